The summed E-state index contributed by atoms with van der Waals surface area (Å²) in [6, 6.07) is 9.63. The molecule has 1 aromatic carbocycles. The zero-order valence-corrected chi connectivity index (χ0v) is 30.8. The number of nitrogens with two attached hydrogens (primary N) is 1. The highest BCUT2D eigenvalue weighted by atomic mass is 31.2. The molecule has 2 heterocycles. The summed E-state index contributed by atoms with van der Waals surface area (Å²) in [6.45, 7) is 4.39. The van der Waals surface area contributed by atoms with Gasteiger partial charge >= 0.3 is 7.60 Å². The number of aliphatic imine (C=N–C) groups is 1. The smallest absolute Gasteiger partial charge is 0.356 e. The van der Waals surface area contributed by atoms with Gasteiger partial charge in [-0.1, -0.05) is 127 Å². The molecule has 2 aliphatic rings. The van der Waals surface area contributed by atoms with E-state index in [0.29, 0.717) is 25.5 Å². The monoisotopic (exact) mass is 703 g/mol. The molecule has 11 nitrogen and oxygen atoms in total. The summed E-state index contributed by atoms with van der Waals surface area (Å²) in [4.78, 5) is 8.85. The first kappa shape index (κ1) is 39.5. The molecular weight excluding hydrogens is 641 g/mol. The fraction of sp³-hybridized carbons (Fsp3) is 0.730. The minimum absolute atomic E-state index is 0.166. The van der Waals surface area contributed by atoms with Crippen LogP contribution in [0.4, 0.5) is 5.82 Å². The number of anilines is 1. The summed E-state index contributed by atoms with van der Waals surface area (Å²) >= 11 is 0. The van der Waals surface area contributed by atoms with Crippen LogP contribution >= 0.6 is 7.60 Å². The second kappa shape index (κ2) is 23.3. The highest BCUT2D eigenvalue weighted by molar-refractivity contribution is 7.53. The van der Waals surface area contributed by atoms with Gasteiger partial charge in [0.25, 0.3) is 0 Å². The average molecular weight is 704 g/mol. The van der Waals surface area contributed by atoms with Crippen molar-refractivity contribution in [2.45, 2.75) is 142 Å². The molecule has 0 spiro atoms. The van der Waals surface area contributed by atoms with Gasteiger partial charge in [-0.3, -0.25) is 4.57 Å². The van der Waals surface area contributed by atoms with E-state index in [1.54, 1.807) is 6.33 Å². The van der Waals surface area contributed by atoms with Crippen molar-refractivity contribution in [1.82, 2.24) is 9.55 Å². The molecular formula is C37H62N5O6P. The van der Waals surface area contributed by atoms with Crippen molar-refractivity contribution in [3.05, 3.63) is 47.9 Å². The minimum Gasteiger partial charge on any atom is -0.379 e. The maximum Gasteiger partial charge on any atom is 0.356 e. The number of rotatable bonds is 30. The third kappa shape index (κ3) is 16.1. The molecule has 1 aliphatic carbocycles. The van der Waals surface area contributed by atoms with Gasteiger partial charge in [0.15, 0.2) is 12.2 Å². The molecule has 2 unspecified atom stereocenters. The number of hydrogen-bond acceptors (Lipinski definition) is 10. The summed E-state index contributed by atoms with van der Waals surface area (Å²) in [5.74, 6) is 1.02. The van der Waals surface area contributed by atoms with Crippen molar-refractivity contribution in [2.75, 3.05) is 38.1 Å². The van der Waals surface area contributed by atoms with Gasteiger partial charge in [0.05, 0.1) is 38.9 Å². The Morgan fingerprint density at radius 3 is 2.12 bits per heavy atom. The maximum atomic E-state index is 13.7. The molecule has 2 atom stereocenters. The summed E-state index contributed by atoms with van der Waals surface area (Å²) in [5.41, 5.74) is 7.62. The van der Waals surface area contributed by atoms with Crippen LogP contribution in [0.25, 0.3) is 0 Å². The number of nitrogens with one attached hydrogen (secondary N) is 1. The van der Waals surface area contributed by atoms with E-state index in [1.807, 2.05) is 34.9 Å². The molecule has 1 aromatic heterocycles. The average Bonchev–Trinajstić information content (AvgIpc) is 3.84. The lowest BCUT2D eigenvalue weighted by molar-refractivity contribution is 0.0424. The standard InChI is InChI=1S/C37H62N5O6P/c1-2-3-4-5-6-7-8-9-10-11-12-13-14-15-19-25-44-27-28-46-49(43,47-29-32-20-17-16-18-21-32)31-45-26-24-42-30-39-34-35(42)40-37(38)41-36(34)48-33-22-23-33/h16-18,20-21,30,33,36H,2-15,19,22-29,31H2,1H3,(H3,38,40,41). The summed E-state index contributed by atoms with van der Waals surface area (Å²) in [7, 11) is -3.54. The van der Waals surface area contributed by atoms with Gasteiger partial charge < -0.3 is 38.9 Å². The first-order chi connectivity index (χ1) is 24.1. The Bertz CT molecular complexity index is 1240. The lowest BCUT2D eigenvalue weighted by Gasteiger charge is -2.21. The normalized spacial score (nSPS) is 17.0. The van der Waals surface area contributed by atoms with E-state index in [-0.39, 0.29) is 38.2 Å². The van der Waals surface area contributed by atoms with E-state index < -0.39 is 13.8 Å². The van der Waals surface area contributed by atoms with Crippen LogP contribution in [-0.4, -0.2) is 54.4 Å². The Kier molecular flexibility index (Phi) is 18.8. The summed E-state index contributed by atoms with van der Waals surface area (Å²) < 4.78 is 44.8. The van der Waals surface area contributed by atoms with Crippen LogP contribution in [0.2, 0.25) is 0 Å². The highest BCUT2D eigenvalue weighted by Crippen LogP contribution is 2.49. The topological polar surface area (TPSA) is 131 Å². The molecule has 1 aliphatic heterocycles. The lowest BCUT2D eigenvalue weighted by atomic mass is 10.0. The molecule has 3 N–H and O–H groups in total. The van der Waals surface area contributed by atoms with E-state index in [0.717, 1.165) is 30.6 Å². The quantitative estimate of drug-likeness (QED) is 0.0604. The Morgan fingerprint density at radius 1 is 0.816 bits per heavy atom. The third-order valence-corrected chi connectivity index (χ3v) is 10.5. The summed E-state index contributed by atoms with van der Waals surface area (Å²) in [5, 5.41) is 3.08. The van der Waals surface area contributed by atoms with Crippen LogP contribution in [0.1, 0.15) is 134 Å². The third-order valence-electron chi connectivity index (χ3n) is 8.85. The van der Waals surface area contributed by atoms with Crippen LogP contribution in [-0.2, 0) is 41.0 Å². The molecule has 0 saturated heterocycles. The lowest BCUT2D eigenvalue weighted by Crippen LogP contribution is -2.30. The summed E-state index contributed by atoms with van der Waals surface area (Å²) in [6.07, 6.45) is 23.4. The fourth-order valence-corrected chi connectivity index (χ4v) is 7.09. The molecule has 0 bridgehead atoms. The van der Waals surface area contributed by atoms with Gasteiger partial charge in [0.2, 0.25) is 0 Å². The van der Waals surface area contributed by atoms with Crippen LogP contribution in [0.3, 0.4) is 0 Å². The van der Waals surface area contributed by atoms with Crippen molar-refractivity contribution >= 4 is 19.4 Å². The van der Waals surface area contributed by atoms with Gasteiger partial charge in [0.1, 0.15) is 17.9 Å². The SMILES string of the molecule is CCCCCCCCCCCCCCCCCOCCOP(=O)(COCCn1cnc2c1NC(N)=NC2OC1CC1)OCc1ccccc1. The zero-order valence-electron chi connectivity index (χ0n) is 29.9. The van der Waals surface area contributed by atoms with Crippen molar-refractivity contribution in [2.24, 2.45) is 10.7 Å². The van der Waals surface area contributed by atoms with Gasteiger partial charge in [-0.25, -0.2) is 9.98 Å². The van der Waals surface area contributed by atoms with Crippen LogP contribution in [0.5, 0.6) is 0 Å². The number of unbranched alkanes of at least 4 members (excludes halogenated alkanes) is 14. The Labute approximate surface area is 294 Å². The van der Waals surface area contributed by atoms with Gasteiger partial charge in [0, 0.05) is 13.2 Å². The van der Waals surface area contributed by atoms with E-state index in [2.05, 4.69) is 22.2 Å². The second-order valence-electron chi connectivity index (χ2n) is 13.3. The number of imidazole rings is 1. The predicted octanol–water partition coefficient (Wildman–Crippen LogP) is 9.09. The van der Waals surface area contributed by atoms with Crippen LogP contribution in [0.15, 0.2) is 41.7 Å². The van der Waals surface area contributed by atoms with Crippen molar-refractivity contribution in [3.63, 3.8) is 0 Å². The van der Waals surface area contributed by atoms with Gasteiger partial charge in [-0.05, 0) is 24.8 Å². The number of benzene rings is 1. The second-order valence-corrected chi connectivity index (χ2v) is 15.3. The van der Waals surface area contributed by atoms with Gasteiger partial charge in [-0.2, -0.15) is 0 Å². The van der Waals surface area contributed by atoms with E-state index in [1.165, 1.54) is 89.9 Å². The van der Waals surface area contributed by atoms with E-state index in [9.17, 15) is 4.57 Å². The van der Waals surface area contributed by atoms with E-state index in [4.69, 9.17) is 29.0 Å². The minimum atomic E-state index is -3.54. The first-order valence-corrected chi connectivity index (χ1v) is 20.7. The Hall–Kier alpha value is -2.27. The molecule has 2 aromatic rings. The molecule has 4 rings (SSSR count). The number of guanidine groups is 1. The first-order valence-electron chi connectivity index (χ1n) is 18.9. The van der Waals surface area contributed by atoms with Crippen LogP contribution < -0.4 is 11.1 Å². The maximum absolute atomic E-state index is 13.7. The highest BCUT2D eigenvalue weighted by Gasteiger charge is 2.32. The number of nitrogens with zero attached hydrogens (tertiary/aromatic N) is 3. The molecule has 0 amide bonds. The molecule has 49 heavy (non-hydrogen) atoms. The molecule has 0 radical (unpaired) electrons. The van der Waals surface area contributed by atoms with Crippen LogP contribution in [0, 0.1) is 0 Å². The fourth-order valence-electron chi connectivity index (χ4n) is 5.82. The van der Waals surface area contributed by atoms with Gasteiger partial charge in [-0.15, -0.1) is 0 Å². The molecule has 1 fully saturated rings. The van der Waals surface area contributed by atoms with Crippen molar-refractivity contribution < 1.29 is 27.8 Å². The Morgan fingerprint density at radius 2 is 1.47 bits per heavy atom. The number of ether oxygens (including phenoxy) is 3. The molecule has 276 valence electrons. The molecule has 1 saturated carbocycles. The van der Waals surface area contributed by atoms with Crippen molar-refractivity contribution in [1.29, 1.82) is 0 Å². The largest absolute Gasteiger partial charge is 0.379 e. The number of hydrogen-bond donors (Lipinski definition) is 2. The number of aromatic nitrogens is 2. The molecule has 12 heteroatoms. The number of fused-ring (bicyclic) bond motifs is 1. The van der Waals surface area contributed by atoms with Crippen molar-refractivity contribution in [3.8, 4) is 0 Å². The predicted molar refractivity (Wildman–Crippen MR) is 196 cm³/mol. The van der Waals surface area contributed by atoms with E-state index >= 15 is 0 Å². The zero-order chi connectivity index (χ0) is 34.4. The Balaban J connectivity index is 1.06.